The second-order valence-electron chi connectivity index (χ2n) is 5.27. The highest BCUT2D eigenvalue weighted by molar-refractivity contribution is 9.10. The maximum absolute atomic E-state index is 5.64. The number of rotatable bonds is 12. The Morgan fingerprint density at radius 2 is 2.04 bits per heavy atom. The monoisotopic (exact) mass is 384 g/mol. The number of hydrogen-bond acceptors (Lipinski definition) is 4. The molecule has 0 fully saturated rings. The lowest BCUT2D eigenvalue weighted by Crippen LogP contribution is -2.27. The van der Waals surface area contributed by atoms with E-state index in [4.69, 9.17) is 9.47 Å². The van der Waals surface area contributed by atoms with E-state index in [9.17, 15) is 0 Å². The van der Waals surface area contributed by atoms with Gasteiger partial charge in [0.25, 0.3) is 0 Å². The Labute approximate surface area is 149 Å². The summed E-state index contributed by atoms with van der Waals surface area (Å²) in [6.45, 7) is 13.7. The fraction of sp³-hybridized carbons (Fsp3) is 0.556. The Bertz CT molecular complexity index is 476. The second-order valence-corrected chi connectivity index (χ2v) is 6.12. The zero-order valence-corrected chi connectivity index (χ0v) is 16.1. The number of methoxy groups -OCH3 is 1. The molecule has 1 aromatic carbocycles. The minimum Gasteiger partial charge on any atom is -0.493 e. The minimum atomic E-state index is 0.456. The van der Waals surface area contributed by atoms with Crippen molar-refractivity contribution >= 4 is 15.9 Å². The first-order valence-electron chi connectivity index (χ1n) is 8.19. The van der Waals surface area contributed by atoms with Gasteiger partial charge in [0.15, 0.2) is 11.5 Å². The van der Waals surface area contributed by atoms with Gasteiger partial charge in [0.2, 0.25) is 0 Å². The van der Waals surface area contributed by atoms with Gasteiger partial charge in [0, 0.05) is 6.54 Å². The molecule has 0 radical (unpaired) electrons. The van der Waals surface area contributed by atoms with Crippen molar-refractivity contribution in [2.45, 2.75) is 26.8 Å². The van der Waals surface area contributed by atoms with Crippen LogP contribution in [0.2, 0.25) is 0 Å². The van der Waals surface area contributed by atoms with Crippen LogP contribution in [0.1, 0.15) is 25.8 Å². The highest BCUT2D eigenvalue weighted by atomic mass is 79.9. The molecule has 1 N–H and O–H groups in total. The molecular weight excluding hydrogens is 356 g/mol. The molecule has 0 aliphatic heterocycles. The number of benzene rings is 1. The van der Waals surface area contributed by atoms with Crippen LogP contribution in [0.4, 0.5) is 0 Å². The first-order chi connectivity index (χ1) is 11.2. The molecule has 0 amide bonds. The van der Waals surface area contributed by atoms with Crippen LogP contribution >= 0.6 is 15.9 Å². The highest BCUT2D eigenvalue weighted by Crippen LogP contribution is 2.36. The van der Waals surface area contributed by atoms with Crippen molar-refractivity contribution in [3.05, 3.63) is 34.8 Å². The molecular formula is C18H29BrN2O2. The predicted molar refractivity (Wildman–Crippen MR) is 100 cm³/mol. The van der Waals surface area contributed by atoms with Crippen molar-refractivity contribution in [3.8, 4) is 11.5 Å². The normalized spacial score (nSPS) is 10.8. The average Bonchev–Trinajstić information content (AvgIpc) is 2.56. The molecule has 0 saturated heterocycles. The molecule has 1 aromatic rings. The summed E-state index contributed by atoms with van der Waals surface area (Å²) in [5, 5.41) is 3.49. The third kappa shape index (κ3) is 6.94. The van der Waals surface area contributed by atoms with Crippen molar-refractivity contribution in [3.63, 3.8) is 0 Å². The van der Waals surface area contributed by atoms with E-state index in [0.29, 0.717) is 6.61 Å². The Morgan fingerprint density at radius 3 is 2.65 bits per heavy atom. The quantitative estimate of drug-likeness (QED) is 0.438. The lowest BCUT2D eigenvalue weighted by Gasteiger charge is -2.18. The van der Waals surface area contributed by atoms with E-state index in [1.54, 1.807) is 13.2 Å². The van der Waals surface area contributed by atoms with E-state index in [0.717, 1.165) is 55.1 Å². The number of hydrogen-bond donors (Lipinski definition) is 1. The third-order valence-corrected chi connectivity index (χ3v) is 4.28. The smallest absolute Gasteiger partial charge is 0.175 e. The summed E-state index contributed by atoms with van der Waals surface area (Å²) in [5.41, 5.74) is 1.17. The maximum Gasteiger partial charge on any atom is 0.175 e. The Kier molecular flexibility index (Phi) is 9.99. The third-order valence-electron chi connectivity index (χ3n) is 3.69. The van der Waals surface area contributed by atoms with Crippen LogP contribution in [0.3, 0.4) is 0 Å². The van der Waals surface area contributed by atoms with Crippen molar-refractivity contribution in [2.24, 2.45) is 0 Å². The summed E-state index contributed by atoms with van der Waals surface area (Å²) in [5.74, 6) is 1.46. The van der Waals surface area contributed by atoms with Crippen LogP contribution < -0.4 is 14.8 Å². The Morgan fingerprint density at radius 1 is 1.30 bits per heavy atom. The van der Waals surface area contributed by atoms with Gasteiger partial charge in [-0.05, 0) is 66.2 Å². The van der Waals surface area contributed by atoms with Crippen molar-refractivity contribution in [1.29, 1.82) is 0 Å². The van der Waals surface area contributed by atoms with Gasteiger partial charge >= 0.3 is 0 Å². The largest absolute Gasteiger partial charge is 0.493 e. The molecule has 0 aliphatic rings. The molecule has 0 heterocycles. The van der Waals surface area contributed by atoms with Crippen LogP contribution in [0.15, 0.2) is 29.3 Å². The number of ether oxygens (including phenoxy) is 2. The van der Waals surface area contributed by atoms with Gasteiger partial charge in [-0.25, -0.2) is 0 Å². The fourth-order valence-corrected chi connectivity index (χ4v) is 2.96. The first-order valence-corrected chi connectivity index (χ1v) is 8.98. The van der Waals surface area contributed by atoms with Gasteiger partial charge in [-0.2, -0.15) is 0 Å². The molecule has 0 spiro atoms. The van der Waals surface area contributed by atoms with Gasteiger partial charge in [0.1, 0.15) is 6.61 Å². The molecule has 23 heavy (non-hydrogen) atoms. The van der Waals surface area contributed by atoms with Gasteiger partial charge in [-0.15, -0.1) is 0 Å². The standard InChI is InChI=1S/C18H29BrN2O2/c1-5-11-23-18-16(19)12-15(13-17(18)22-4)14-20-9-8-10-21(6-2)7-3/h5,12-13,20H,1,6-11,14H2,2-4H3. The summed E-state index contributed by atoms with van der Waals surface area (Å²) >= 11 is 3.56. The summed E-state index contributed by atoms with van der Waals surface area (Å²) in [6.07, 6.45) is 2.87. The molecule has 1 rings (SSSR count). The second kappa shape index (κ2) is 11.5. The number of nitrogens with one attached hydrogen (secondary N) is 1. The van der Waals surface area contributed by atoms with E-state index in [1.807, 2.05) is 6.07 Å². The molecule has 0 bridgehead atoms. The lowest BCUT2D eigenvalue weighted by molar-refractivity contribution is 0.298. The molecule has 0 saturated carbocycles. The van der Waals surface area contributed by atoms with Crippen molar-refractivity contribution in [2.75, 3.05) is 39.9 Å². The van der Waals surface area contributed by atoms with E-state index in [-0.39, 0.29) is 0 Å². The van der Waals surface area contributed by atoms with Gasteiger partial charge in [-0.3, -0.25) is 0 Å². The first kappa shape index (κ1) is 20.0. The molecule has 0 unspecified atom stereocenters. The summed E-state index contributed by atoms with van der Waals surface area (Å²) in [6, 6.07) is 4.08. The average molecular weight is 385 g/mol. The number of halogens is 1. The van der Waals surface area contributed by atoms with Crippen LogP contribution in [0.25, 0.3) is 0 Å². The zero-order valence-electron chi connectivity index (χ0n) is 14.5. The van der Waals surface area contributed by atoms with Gasteiger partial charge < -0.3 is 19.7 Å². The maximum atomic E-state index is 5.64. The van der Waals surface area contributed by atoms with Crippen molar-refractivity contribution in [1.82, 2.24) is 10.2 Å². The fourth-order valence-electron chi connectivity index (χ4n) is 2.36. The van der Waals surface area contributed by atoms with E-state index in [2.05, 4.69) is 52.6 Å². The zero-order chi connectivity index (χ0) is 17.1. The van der Waals surface area contributed by atoms with Gasteiger partial charge in [0.05, 0.1) is 11.6 Å². The van der Waals surface area contributed by atoms with Crippen LogP contribution in [-0.4, -0.2) is 44.8 Å². The minimum absolute atomic E-state index is 0.456. The van der Waals surface area contributed by atoms with Gasteiger partial charge in [-0.1, -0.05) is 26.5 Å². The van der Waals surface area contributed by atoms with Crippen molar-refractivity contribution < 1.29 is 9.47 Å². The molecule has 4 nitrogen and oxygen atoms in total. The Balaban J connectivity index is 2.51. The topological polar surface area (TPSA) is 33.7 Å². The molecule has 5 heteroatoms. The van der Waals surface area contributed by atoms with E-state index >= 15 is 0 Å². The molecule has 130 valence electrons. The summed E-state index contributed by atoms with van der Waals surface area (Å²) in [4.78, 5) is 2.44. The highest BCUT2D eigenvalue weighted by Gasteiger charge is 2.11. The number of nitrogens with zero attached hydrogens (tertiary/aromatic N) is 1. The van der Waals surface area contributed by atoms with Crippen LogP contribution in [-0.2, 0) is 6.54 Å². The summed E-state index contributed by atoms with van der Waals surface area (Å²) in [7, 11) is 1.66. The lowest BCUT2D eigenvalue weighted by atomic mass is 10.2. The SMILES string of the molecule is C=CCOc1c(Br)cc(CNCCCN(CC)CC)cc1OC. The van der Waals surface area contributed by atoms with Crippen LogP contribution in [0, 0.1) is 0 Å². The molecule has 0 aliphatic carbocycles. The summed E-state index contributed by atoms with van der Waals surface area (Å²) < 4.78 is 12.0. The molecule has 0 atom stereocenters. The predicted octanol–water partition coefficient (Wildman–Crippen LogP) is 3.84. The van der Waals surface area contributed by atoms with E-state index in [1.165, 1.54) is 5.56 Å². The molecule has 0 aromatic heterocycles. The van der Waals surface area contributed by atoms with E-state index < -0.39 is 0 Å². The Hall–Kier alpha value is -1.04. The van der Waals surface area contributed by atoms with Crippen LogP contribution in [0.5, 0.6) is 11.5 Å².